The molecule has 4 rings (SSSR count). The van der Waals surface area contributed by atoms with Crippen molar-refractivity contribution in [3.63, 3.8) is 0 Å². The van der Waals surface area contributed by atoms with Crippen LogP contribution in [0.2, 0.25) is 0 Å². The Morgan fingerprint density at radius 1 is 0.973 bits per heavy atom. The predicted molar refractivity (Wildman–Crippen MR) is 136 cm³/mol. The van der Waals surface area contributed by atoms with Crippen LogP contribution in [0.15, 0.2) is 72.1 Å². The fourth-order valence-electron chi connectivity index (χ4n) is 4.18. The third-order valence-corrected chi connectivity index (χ3v) is 6.89. The minimum atomic E-state index is -4.63. The fraction of sp³-hybridized carbons (Fsp3) is 0.333. The molecule has 10 heteroatoms. The molecule has 1 atom stereocenters. The van der Waals surface area contributed by atoms with Crippen LogP contribution < -0.4 is 5.32 Å². The third kappa shape index (κ3) is 7.56. The lowest BCUT2D eigenvalue weighted by atomic mass is 10.1. The highest BCUT2D eigenvalue weighted by Gasteiger charge is 2.34. The Bertz CT molecular complexity index is 1170. The lowest BCUT2D eigenvalue weighted by molar-refractivity contribution is -0.137. The average molecular weight is 532 g/mol. The SMILES string of the molecule is O=C(CN(CC1CCCO1)C(=O)Nc1ccccc1C(F)(F)F)N(Cc1ccccc1)Cc1cccs1. The Morgan fingerprint density at radius 2 is 1.73 bits per heavy atom. The van der Waals surface area contributed by atoms with E-state index in [0.29, 0.717) is 26.1 Å². The fourth-order valence-corrected chi connectivity index (χ4v) is 4.90. The molecule has 0 saturated carbocycles. The molecule has 1 unspecified atom stereocenters. The van der Waals surface area contributed by atoms with E-state index in [0.717, 1.165) is 22.9 Å². The maximum Gasteiger partial charge on any atom is 0.418 e. The molecular formula is C27H28F3N3O3S. The molecular weight excluding hydrogens is 503 g/mol. The normalized spacial score (nSPS) is 15.4. The molecule has 0 radical (unpaired) electrons. The number of para-hydroxylation sites is 1. The van der Waals surface area contributed by atoms with Gasteiger partial charge < -0.3 is 19.9 Å². The Kier molecular flexibility index (Phi) is 8.83. The smallest absolute Gasteiger partial charge is 0.376 e. The van der Waals surface area contributed by atoms with E-state index in [1.807, 2.05) is 47.8 Å². The summed E-state index contributed by atoms with van der Waals surface area (Å²) in [5.74, 6) is -0.311. The summed E-state index contributed by atoms with van der Waals surface area (Å²) in [7, 11) is 0. The van der Waals surface area contributed by atoms with Gasteiger partial charge in [-0.15, -0.1) is 11.3 Å². The topological polar surface area (TPSA) is 61.9 Å². The monoisotopic (exact) mass is 531 g/mol. The number of carbonyl (C=O) groups excluding carboxylic acids is 2. The molecule has 2 aromatic carbocycles. The summed E-state index contributed by atoms with van der Waals surface area (Å²) < 4.78 is 46.1. The maximum absolute atomic E-state index is 13.5. The Labute approximate surface area is 217 Å². The molecule has 1 N–H and O–H groups in total. The van der Waals surface area contributed by atoms with Crippen LogP contribution >= 0.6 is 11.3 Å². The van der Waals surface area contributed by atoms with Crippen molar-refractivity contribution in [2.75, 3.05) is 25.0 Å². The van der Waals surface area contributed by atoms with Crippen molar-refractivity contribution in [2.45, 2.75) is 38.2 Å². The van der Waals surface area contributed by atoms with Gasteiger partial charge in [-0.25, -0.2) is 4.79 Å². The number of anilines is 1. The minimum Gasteiger partial charge on any atom is -0.376 e. The van der Waals surface area contributed by atoms with Crippen molar-refractivity contribution in [1.82, 2.24) is 9.80 Å². The van der Waals surface area contributed by atoms with Crippen LogP contribution in [0.4, 0.5) is 23.7 Å². The number of rotatable bonds is 9. The second-order valence-corrected chi connectivity index (χ2v) is 9.84. The van der Waals surface area contributed by atoms with Crippen LogP contribution in [0.5, 0.6) is 0 Å². The average Bonchev–Trinajstić information content (AvgIpc) is 3.58. The molecule has 1 aliphatic heterocycles. The van der Waals surface area contributed by atoms with E-state index in [9.17, 15) is 22.8 Å². The zero-order valence-corrected chi connectivity index (χ0v) is 20.9. The van der Waals surface area contributed by atoms with Gasteiger partial charge in [0.15, 0.2) is 0 Å². The molecule has 196 valence electrons. The minimum absolute atomic E-state index is 0.101. The zero-order chi connectivity index (χ0) is 26.3. The standard InChI is InChI=1S/C27H28F3N3O3S/c28-27(29,30)23-12-4-5-13-24(23)31-26(35)33(17-21-10-6-14-36-21)19-25(34)32(18-22-11-7-15-37-22)16-20-8-2-1-3-9-20/h1-5,7-9,11-13,15,21H,6,10,14,16-19H2,(H,31,35). The first-order valence-electron chi connectivity index (χ1n) is 12.0. The van der Waals surface area contributed by atoms with Crippen LogP contribution in [-0.4, -0.2) is 47.5 Å². The molecule has 1 aromatic heterocycles. The van der Waals surface area contributed by atoms with E-state index < -0.39 is 17.8 Å². The summed E-state index contributed by atoms with van der Waals surface area (Å²) in [6, 6.07) is 17.3. The lowest BCUT2D eigenvalue weighted by Gasteiger charge is -2.29. The van der Waals surface area contributed by atoms with E-state index in [4.69, 9.17) is 4.74 Å². The van der Waals surface area contributed by atoms with E-state index in [1.54, 1.807) is 4.90 Å². The second-order valence-electron chi connectivity index (χ2n) is 8.80. The number of halogens is 3. The van der Waals surface area contributed by atoms with Crippen molar-refractivity contribution in [3.8, 4) is 0 Å². The predicted octanol–water partition coefficient (Wildman–Crippen LogP) is 6.01. The van der Waals surface area contributed by atoms with E-state index in [-0.39, 0.29) is 30.8 Å². The highest BCUT2D eigenvalue weighted by Crippen LogP contribution is 2.34. The Morgan fingerprint density at radius 3 is 2.41 bits per heavy atom. The van der Waals surface area contributed by atoms with Gasteiger partial charge >= 0.3 is 12.2 Å². The first kappa shape index (κ1) is 26.7. The number of nitrogens with zero attached hydrogens (tertiary/aromatic N) is 2. The number of hydrogen-bond donors (Lipinski definition) is 1. The summed E-state index contributed by atoms with van der Waals surface area (Å²) in [5.41, 5.74) is -0.374. The van der Waals surface area contributed by atoms with Crippen molar-refractivity contribution >= 4 is 29.0 Å². The molecule has 0 bridgehead atoms. The number of amides is 3. The third-order valence-electron chi connectivity index (χ3n) is 6.03. The molecule has 0 aliphatic carbocycles. The molecule has 37 heavy (non-hydrogen) atoms. The summed E-state index contributed by atoms with van der Waals surface area (Å²) in [4.78, 5) is 30.7. The largest absolute Gasteiger partial charge is 0.418 e. The molecule has 3 aromatic rings. The van der Waals surface area contributed by atoms with Gasteiger partial charge in [-0.3, -0.25) is 4.79 Å². The van der Waals surface area contributed by atoms with Crippen molar-refractivity contribution < 1.29 is 27.5 Å². The molecule has 0 spiro atoms. The van der Waals surface area contributed by atoms with E-state index in [2.05, 4.69) is 5.32 Å². The van der Waals surface area contributed by atoms with Crippen molar-refractivity contribution in [1.29, 1.82) is 0 Å². The zero-order valence-electron chi connectivity index (χ0n) is 20.1. The number of nitrogens with one attached hydrogen (secondary N) is 1. The maximum atomic E-state index is 13.5. The van der Waals surface area contributed by atoms with Crippen LogP contribution in [0.3, 0.4) is 0 Å². The highest BCUT2D eigenvalue weighted by atomic mass is 32.1. The van der Waals surface area contributed by atoms with Gasteiger partial charge in [0, 0.05) is 24.6 Å². The van der Waals surface area contributed by atoms with E-state index >= 15 is 0 Å². The van der Waals surface area contributed by atoms with Crippen molar-refractivity contribution in [3.05, 3.63) is 88.1 Å². The van der Waals surface area contributed by atoms with Crippen molar-refractivity contribution in [2.24, 2.45) is 0 Å². The summed E-state index contributed by atoms with van der Waals surface area (Å²) in [6.07, 6.45) is -3.38. The molecule has 6 nitrogen and oxygen atoms in total. The molecule has 1 aliphatic rings. The summed E-state index contributed by atoms with van der Waals surface area (Å²) in [5, 5.41) is 4.30. The van der Waals surface area contributed by atoms with Gasteiger partial charge in [-0.2, -0.15) is 13.2 Å². The second kappa shape index (κ2) is 12.2. The number of carbonyl (C=O) groups is 2. The molecule has 2 heterocycles. The lowest BCUT2D eigenvalue weighted by Crippen LogP contribution is -2.47. The van der Waals surface area contributed by atoms with Gasteiger partial charge in [0.05, 0.1) is 23.9 Å². The van der Waals surface area contributed by atoms with Gasteiger partial charge in [0.1, 0.15) is 6.54 Å². The van der Waals surface area contributed by atoms with Crippen LogP contribution in [-0.2, 0) is 28.8 Å². The van der Waals surface area contributed by atoms with Crippen LogP contribution in [0, 0.1) is 0 Å². The molecule has 3 amide bonds. The number of ether oxygens (including phenoxy) is 1. The summed E-state index contributed by atoms with van der Waals surface area (Å²) in [6.45, 7) is 1.05. The Balaban J connectivity index is 1.54. The van der Waals surface area contributed by atoms with E-state index in [1.165, 1.54) is 34.4 Å². The number of urea groups is 1. The van der Waals surface area contributed by atoms with Gasteiger partial charge in [0.25, 0.3) is 0 Å². The highest BCUT2D eigenvalue weighted by molar-refractivity contribution is 7.09. The molecule has 1 saturated heterocycles. The van der Waals surface area contributed by atoms with Crippen LogP contribution in [0.25, 0.3) is 0 Å². The van der Waals surface area contributed by atoms with Gasteiger partial charge in [-0.1, -0.05) is 48.5 Å². The number of alkyl halides is 3. The quantitative estimate of drug-likeness (QED) is 0.368. The van der Waals surface area contributed by atoms with Gasteiger partial charge in [-0.05, 0) is 42.0 Å². The molecule has 1 fully saturated rings. The first-order valence-corrected chi connectivity index (χ1v) is 12.9. The summed E-state index contributed by atoms with van der Waals surface area (Å²) >= 11 is 1.52. The van der Waals surface area contributed by atoms with Gasteiger partial charge in [0.2, 0.25) is 5.91 Å². The number of benzene rings is 2. The Hall–Kier alpha value is -3.37. The number of thiophene rings is 1. The number of hydrogen-bond acceptors (Lipinski definition) is 4. The van der Waals surface area contributed by atoms with Crippen LogP contribution in [0.1, 0.15) is 28.8 Å². The first-order chi connectivity index (χ1) is 17.8.